The summed E-state index contributed by atoms with van der Waals surface area (Å²) in [5.41, 5.74) is 13.0. The molecule has 0 unspecified atom stereocenters. The number of aliphatic imine (C=N–C) groups is 2. The topological polar surface area (TPSA) is 24.7 Å². The fourth-order valence-electron chi connectivity index (χ4n) is 4.85. The van der Waals surface area contributed by atoms with E-state index in [9.17, 15) is 0 Å². The Balaban J connectivity index is 2.68. The average Bonchev–Trinajstić information content (AvgIpc) is 2.71. The van der Waals surface area contributed by atoms with Gasteiger partial charge in [-0.1, -0.05) is 98.7 Å². The molecule has 0 aliphatic rings. The third kappa shape index (κ3) is 7.30. The first-order chi connectivity index (χ1) is 16.6. The van der Waals surface area contributed by atoms with Gasteiger partial charge in [0.25, 0.3) is 0 Å². The van der Waals surface area contributed by atoms with Crippen molar-refractivity contribution in [2.24, 2.45) is 21.3 Å². The van der Waals surface area contributed by atoms with E-state index in [4.69, 9.17) is 9.98 Å². The summed E-state index contributed by atoms with van der Waals surface area (Å²) in [6.45, 7) is 37.8. The number of benzene rings is 2. The lowest BCUT2D eigenvalue weighted by molar-refractivity contribution is 0.485. The quantitative estimate of drug-likeness (QED) is 0.288. The zero-order valence-electron chi connectivity index (χ0n) is 26.5. The van der Waals surface area contributed by atoms with Crippen LogP contribution in [0.15, 0.2) is 46.4 Å². The van der Waals surface area contributed by atoms with E-state index in [-0.39, 0.29) is 22.2 Å². The van der Waals surface area contributed by atoms with E-state index < -0.39 is 0 Å². The molecule has 0 aromatic heterocycles. The van der Waals surface area contributed by atoms with Crippen molar-refractivity contribution < 1.29 is 0 Å². The molecule has 0 atom stereocenters. The van der Waals surface area contributed by atoms with Gasteiger partial charge >= 0.3 is 0 Å². The Labute approximate surface area is 228 Å². The maximum absolute atomic E-state index is 5.25. The molecule has 0 aliphatic heterocycles. The summed E-state index contributed by atoms with van der Waals surface area (Å²) in [6.07, 6.45) is 0. The van der Waals surface area contributed by atoms with Crippen LogP contribution in [0.3, 0.4) is 0 Å². The highest BCUT2D eigenvalue weighted by Crippen LogP contribution is 2.37. The van der Waals surface area contributed by atoms with E-state index >= 15 is 0 Å². The van der Waals surface area contributed by atoms with Crippen LogP contribution in [0.5, 0.6) is 0 Å². The Morgan fingerprint density at radius 2 is 0.865 bits per heavy atom. The van der Waals surface area contributed by atoms with Crippen LogP contribution >= 0.6 is 0 Å². The summed E-state index contributed by atoms with van der Waals surface area (Å²) < 4.78 is 0. The molecule has 0 bridgehead atoms. The fourth-order valence-corrected chi connectivity index (χ4v) is 4.85. The summed E-state index contributed by atoms with van der Waals surface area (Å²) in [6, 6.07) is 9.16. The molecule has 2 nitrogen and oxygen atoms in total. The Bertz CT molecular complexity index is 1100. The fraction of sp³-hybridized carbons (Fsp3) is 0.543. The van der Waals surface area contributed by atoms with Crippen molar-refractivity contribution >= 4 is 22.8 Å². The van der Waals surface area contributed by atoms with Gasteiger partial charge in [-0.05, 0) is 91.2 Å². The minimum absolute atomic E-state index is 0.0396. The largest absolute Gasteiger partial charge is 0.257 e. The zero-order valence-corrected chi connectivity index (χ0v) is 26.5. The maximum Gasteiger partial charge on any atom is 0.0687 e. The second-order valence-electron chi connectivity index (χ2n) is 14.1. The molecule has 2 aromatic carbocycles. The van der Waals surface area contributed by atoms with Crippen molar-refractivity contribution in [1.29, 1.82) is 0 Å². The molecule has 2 rings (SSSR count). The normalized spacial score (nSPS) is 14.7. The maximum atomic E-state index is 5.25. The molecule has 0 N–H and O–H groups in total. The Kier molecular flexibility index (Phi) is 8.90. The van der Waals surface area contributed by atoms with E-state index in [1.807, 2.05) is 0 Å². The van der Waals surface area contributed by atoms with Gasteiger partial charge in [-0.15, -0.1) is 0 Å². The lowest BCUT2D eigenvalue weighted by atomic mass is 9.76. The summed E-state index contributed by atoms with van der Waals surface area (Å²) in [5, 5.41) is 0. The summed E-state index contributed by atoms with van der Waals surface area (Å²) in [4.78, 5) is 10.5. The van der Waals surface area contributed by atoms with Gasteiger partial charge in [0.15, 0.2) is 0 Å². The zero-order chi connectivity index (χ0) is 28.7. The van der Waals surface area contributed by atoms with Gasteiger partial charge < -0.3 is 0 Å². The van der Waals surface area contributed by atoms with E-state index in [0.29, 0.717) is 0 Å². The van der Waals surface area contributed by atoms with Crippen LogP contribution in [0.1, 0.15) is 110 Å². The van der Waals surface area contributed by atoms with Crippen LogP contribution in [0.25, 0.3) is 0 Å². The first-order valence-corrected chi connectivity index (χ1v) is 13.7. The van der Waals surface area contributed by atoms with E-state index in [2.05, 4.69) is 135 Å². The molecule has 202 valence electrons. The highest BCUT2D eigenvalue weighted by Gasteiger charge is 2.29. The monoisotopic (exact) mass is 500 g/mol. The molecule has 2 heteroatoms. The first-order valence-electron chi connectivity index (χ1n) is 13.7. The van der Waals surface area contributed by atoms with Gasteiger partial charge in [0, 0.05) is 11.4 Å². The van der Waals surface area contributed by atoms with E-state index in [1.54, 1.807) is 0 Å². The van der Waals surface area contributed by atoms with Crippen LogP contribution in [-0.4, -0.2) is 11.4 Å². The van der Waals surface area contributed by atoms with Crippen LogP contribution in [0, 0.1) is 39.0 Å². The van der Waals surface area contributed by atoms with E-state index in [1.165, 1.54) is 33.4 Å². The predicted molar refractivity (Wildman–Crippen MR) is 167 cm³/mol. The second kappa shape index (κ2) is 10.7. The van der Waals surface area contributed by atoms with Crippen molar-refractivity contribution in [2.75, 3.05) is 0 Å². The Hall–Kier alpha value is -2.48. The minimum Gasteiger partial charge on any atom is -0.257 e. The summed E-state index contributed by atoms with van der Waals surface area (Å²) in [5.74, 6) is -0.0396. The van der Waals surface area contributed by atoms with Crippen molar-refractivity contribution in [3.63, 3.8) is 0 Å². The number of allylic oxidation sites excluding steroid dienone is 1. The molecule has 0 spiro atoms. The van der Waals surface area contributed by atoms with E-state index in [0.717, 1.165) is 28.4 Å². The minimum atomic E-state index is -0.0708. The third-order valence-electron chi connectivity index (χ3n) is 7.44. The predicted octanol–water partition coefficient (Wildman–Crippen LogP) is 10.6. The second-order valence-corrected chi connectivity index (χ2v) is 14.1. The van der Waals surface area contributed by atoms with Crippen LogP contribution in [-0.2, 0) is 10.8 Å². The van der Waals surface area contributed by atoms with Gasteiger partial charge in [-0.25, -0.2) is 0 Å². The van der Waals surface area contributed by atoms with Gasteiger partial charge in [-0.2, -0.15) is 0 Å². The van der Waals surface area contributed by atoms with Gasteiger partial charge in [0.05, 0.1) is 17.3 Å². The molecular weight excluding hydrogens is 448 g/mol. The Morgan fingerprint density at radius 3 is 1.08 bits per heavy atom. The van der Waals surface area contributed by atoms with Crippen molar-refractivity contribution in [1.82, 2.24) is 0 Å². The number of hydrogen-bond acceptors (Lipinski definition) is 2. The Morgan fingerprint density at radius 1 is 0.595 bits per heavy atom. The molecule has 37 heavy (non-hydrogen) atoms. The number of hydrogen-bond donors (Lipinski definition) is 0. The lowest BCUT2D eigenvalue weighted by Gasteiger charge is -2.30. The van der Waals surface area contributed by atoms with Crippen LogP contribution in [0.4, 0.5) is 11.4 Å². The van der Waals surface area contributed by atoms with Crippen molar-refractivity contribution in [3.8, 4) is 0 Å². The standard InChI is InChI=1S/C35H52N2/c1-21-17-28(34(11,12)13)18-22(2)31(21)36-26(6)30(25(5)33(8,9)10)27(7)37-32-23(3)19-29(20-24(32)4)35(14,15)16/h17-20,30H,5H2,1-4,6-16H3. The van der Waals surface area contributed by atoms with Crippen LogP contribution < -0.4 is 0 Å². The molecule has 0 fully saturated rings. The van der Waals surface area contributed by atoms with Gasteiger partial charge in [0.2, 0.25) is 0 Å². The number of aryl methyl sites for hydroxylation is 4. The lowest BCUT2D eigenvalue weighted by Crippen LogP contribution is -2.28. The smallest absolute Gasteiger partial charge is 0.0687 e. The summed E-state index contributed by atoms with van der Waals surface area (Å²) >= 11 is 0. The SMILES string of the molecule is C=C(C(C(C)=Nc1c(C)cc(C(C)(C)C)cc1C)C(C)=Nc1c(C)cc(C(C)(C)C)cc1C)C(C)(C)C. The van der Waals surface area contributed by atoms with Gasteiger partial charge in [0.1, 0.15) is 0 Å². The number of rotatable bonds is 5. The molecule has 0 saturated heterocycles. The highest BCUT2D eigenvalue weighted by molar-refractivity contribution is 6.10. The van der Waals surface area contributed by atoms with Gasteiger partial charge in [-0.3, -0.25) is 9.98 Å². The molecular formula is C35H52N2. The van der Waals surface area contributed by atoms with Crippen LogP contribution in [0.2, 0.25) is 0 Å². The first kappa shape index (κ1) is 30.7. The molecule has 0 amide bonds. The average molecular weight is 501 g/mol. The molecule has 0 radical (unpaired) electrons. The molecule has 0 saturated carbocycles. The third-order valence-corrected chi connectivity index (χ3v) is 7.44. The number of nitrogens with zero attached hydrogens (tertiary/aromatic N) is 2. The summed E-state index contributed by atoms with van der Waals surface area (Å²) in [7, 11) is 0. The molecule has 0 aliphatic carbocycles. The van der Waals surface area contributed by atoms with Crippen molar-refractivity contribution in [3.05, 3.63) is 69.8 Å². The molecule has 2 aromatic rings. The van der Waals surface area contributed by atoms with Crippen molar-refractivity contribution in [2.45, 2.75) is 115 Å². The highest BCUT2D eigenvalue weighted by atomic mass is 14.8. The molecule has 0 heterocycles.